The van der Waals surface area contributed by atoms with E-state index in [1.165, 1.54) is 5.56 Å². The minimum atomic E-state index is -3.61. The van der Waals surface area contributed by atoms with Crippen molar-refractivity contribution >= 4 is 21.6 Å². The van der Waals surface area contributed by atoms with E-state index in [4.69, 9.17) is 0 Å². The molecule has 2 aromatic carbocycles. The zero-order valence-electron chi connectivity index (χ0n) is 15.8. The molecule has 1 amide bonds. The van der Waals surface area contributed by atoms with Crippen LogP contribution in [0.1, 0.15) is 41.5 Å². The van der Waals surface area contributed by atoms with E-state index in [2.05, 4.69) is 10.0 Å². The molecule has 1 aliphatic carbocycles. The number of benzene rings is 2. The first-order valence-electron chi connectivity index (χ1n) is 9.34. The molecule has 144 valence electrons. The topological polar surface area (TPSA) is 75.3 Å². The van der Waals surface area contributed by atoms with Crippen LogP contribution in [0.15, 0.2) is 41.3 Å². The molecule has 5 nitrogen and oxygen atoms in total. The molecule has 0 atom stereocenters. The van der Waals surface area contributed by atoms with Gasteiger partial charge in [0, 0.05) is 18.7 Å². The second-order valence-electron chi connectivity index (χ2n) is 7.08. The zero-order valence-corrected chi connectivity index (χ0v) is 16.7. The van der Waals surface area contributed by atoms with Crippen LogP contribution in [0.3, 0.4) is 0 Å². The lowest BCUT2D eigenvalue weighted by atomic mass is 9.92. The highest BCUT2D eigenvalue weighted by Crippen LogP contribution is 2.24. The second kappa shape index (κ2) is 8.23. The number of hydrogen-bond acceptors (Lipinski definition) is 3. The first-order valence-corrected chi connectivity index (χ1v) is 10.8. The summed E-state index contributed by atoms with van der Waals surface area (Å²) >= 11 is 0. The van der Waals surface area contributed by atoms with Crippen molar-refractivity contribution in [2.75, 3.05) is 11.9 Å². The van der Waals surface area contributed by atoms with Gasteiger partial charge in [0.25, 0.3) is 0 Å². The number of rotatable bonds is 6. The van der Waals surface area contributed by atoms with Crippen LogP contribution in [0.2, 0.25) is 0 Å². The molecule has 0 radical (unpaired) electrons. The summed E-state index contributed by atoms with van der Waals surface area (Å²) in [7, 11) is -3.61. The number of aryl methyl sites for hydroxylation is 3. The summed E-state index contributed by atoms with van der Waals surface area (Å²) in [5, 5.41) is 2.84. The third kappa shape index (κ3) is 4.76. The summed E-state index contributed by atoms with van der Waals surface area (Å²) < 4.78 is 27.6. The molecule has 0 bridgehead atoms. The third-order valence-corrected chi connectivity index (χ3v) is 6.61. The molecule has 0 unspecified atom stereocenters. The van der Waals surface area contributed by atoms with Gasteiger partial charge in [0.2, 0.25) is 15.9 Å². The van der Waals surface area contributed by atoms with Crippen molar-refractivity contribution in [2.45, 2.75) is 50.8 Å². The number of amides is 1. The van der Waals surface area contributed by atoms with E-state index in [0.29, 0.717) is 0 Å². The van der Waals surface area contributed by atoms with E-state index >= 15 is 0 Å². The van der Waals surface area contributed by atoms with E-state index in [1.807, 2.05) is 38.1 Å². The normalized spacial score (nSPS) is 13.9. The molecule has 0 saturated heterocycles. The number of sulfonamides is 1. The molecular formula is C21H26N2O3S. The molecular weight excluding hydrogens is 360 g/mol. The smallest absolute Gasteiger partial charge is 0.240 e. The van der Waals surface area contributed by atoms with Crippen LogP contribution in [0.25, 0.3) is 0 Å². The van der Waals surface area contributed by atoms with Crippen LogP contribution in [-0.2, 0) is 27.7 Å². The minimum Gasteiger partial charge on any atom is -0.326 e. The van der Waals surface area contributed by atoms with Gasteiger partial charge >= 0.3 is 0 Å². The van der Waals surface area contributed by atoms with Gasteiger partial charge in [-0.1, -0.05) is 18.2 Å². The van der Waals surface area contributed by atoms with Crippen molar-refractivity contribution in [1.82, 2.24) is 4.72 Å². The van der Waals surface area contributed by atoms with E-state index in [9.17, 15) is 13.2 Å². The van der Waals surface area contributed by atoms with Crippen LogP contribution in [0.4, 0.5) is 5.69 Å². The fourth-order valence-electron chi connectivity index (χ4n) is 3.36. The Morgan fingerprint density at radius 3 is 2.56 bits per heavy atom. The fourth-order valence-corrected chi connectivity index (χ4v) is 4.44. The number of carbonyl (C=O) groups is 1. The maximum atomic E-state index is 12.5. The van der Waals surface area contributed by atoms with Crippen LogP contribution in [0, 0.1) is 13.8 Å². The standard InChI is InChI=1S/C21H26N2O3S/c1-15-6-5-9-20(16(15)2)23-21(24)12-13-22-27(25,26)19-11-10-17-7-3-4-8-18(17)14-19/h5-6,9-11,14,22H,3-4,7-8,12-13H2,1-2H3,(H,23,24). The van der Waals surface area contributed by atoms with Crippen LogP contribution in [0.5, 0.6) is 0 Å². The molecule has 2 N–H and O–H groups in total. The Morgan fingerprint density at radius 2 is 1.78 bits per heavy atom. The number of carbonyl (C=O) groups excluding carboxylic acids is 1. The van der Waals surface area contributed by atoms with Crippen LogP contribution < -0.4 is 10.0 Å². The highest BCUT2D eigenvalue weighted by Gasteiger charge is 2.18. The van der Waals surface area contributed by atoms with Gasteiger partial charge in [-0.05, 0) is 80.0 Å². The lowest BCUT2D eigenvalue weighted by molar-refractivity contribution is -0.116. The van der Waals surface area contributed by atoms with Gasteiger partial charge < -0.3 is 5.32 Å². The Hall–Kier alpha value is -2.18. The van der Waals surface area contributed by atoms with E-state index in [1.54, 1.807) is 12.1 Å². The summed E-state index contributed by atoms with van der Waals surface area (Å²) in [4.78, 5) is 12.4. The minimum absolute atomic E-state index is 0.0656. The van der Waals surface area contributed by atoms with Gasteiger partial charge in [-0.15, -0.1) is 0 Å². The zero-order chi connectivity index (χ0) is 19.4. The van der Waals surface area contributed by atoms with Gasteiger partial charge in [-0.2, -0.15) is 0 Å². The molecule has 0 saturated carbocycles. The van der Waals surface area contributed by atoms with E-state index < -0.39 is 10.0 Å². The second-order valence-corrected chi connectivity index (χ2v) is 8.85. The molecule has 0 aliphatic heterocycles. The van der Waals surface area contributed by atoms with E-state index in [-0.39, 0.29) is 23.8 Å². The number of fused-ring (bicyclic) bond motifs is 1. The highest BCUT2D eigenvalue weighted by molar-refractivity contribution is 7.89. The SMILES string of the molecule is Cc1cccc(NC(=O)CCNS(=O)(=O)c2ccc3c(c2)CCCC3)c1C. The summed E-state index contributed by atoms with van der Waals surface area (Å²) in [6.07, 6.45) is 4.28. The van der Waals surface area contributed by atoms with Gasteiger partial charge in [0.1, 0.15) is 0 Å². The summed E-state index contributed by atoms with van der Waals surface area (Å²) in [5.74, 6) is -0.211. The predicted octanol–water partition coefficient (Wildman–Crippen LogP) is 3.49. The van der Waals surface area contributed by atoms with Crippen molar-refractivity contribution in [3.05, 3.63) is 58.7 Å². The van der Waals surface area contributed by atoms with Crippen LogP contribution >= 0.6 is 0 Å². The molecule has 27 heavy (non-hydrogen) atoms. The van der Waals surface area contributed by atoms with Crippen molar-refractivity contribution < 1.29 is 13.2 Å². The van der Waals surface area contributed by atoms with Crippen molar-refractivity contribution in [3.63, 3.8) is 0 Å². The van der Waals surface area contributed by atoms with Gasteiger partial charge in [0.15, 0.2) is 0 Å². The maximum absolute atomic E-state index is 12.5. The Balaban J connectivity index is 1.57. The Bertz CT molecular complexity index is 952. The lowest BCUT2D eigenvalue weighted by Gasteiger charge is -2.16. The maximum Gasteiger partial charge on any atom is 0.240 e. The van der Waals surface area contributed by atoms with E-state index in [0.717, 1.165) is 48.1 Å². The van der Waals surface area contributed by atoms with Gasteiger partial charge in [-0.3, -0.25) is 4.79 Å². The largest absolute Gasteiger partial charge is 0.326 e. The van der Waals surface area contributed by atoms with Crippen molar-refractivity contribution in [3.8, 4) is 0 Å². The molecule has 6 heteroatoms. The molecule has 0 spiro atoms. The predicted molar refractivity (Wildman–Crippen MR) is 107 cm³/mol. The summed E-state index contributed by atoms with van der Waals surface area (Å²) in [6, 6.07) is 11.1. The first kappa shape index (κ1) is 19.6. The van der Waals surface area contributed by atoms with Gasteiger partial charge in [0.05, 0.1) is 4.90 Å². The molecule has 1 aliphatic rings. The first-order chi connectivity index (χ1) is 12.9. The lowest BCUT2D eigenvalue weighted by Crippen LogP contribution is -2.28. The molecule has 0 heterocycles. The summed E-state index contributed by atoms with van der Waals surface area (Å²) in [5.41, 5.74) is 5.24. The third-order valence-electron chi connectivity index (χ3n) is 5.15. The molecule has 3 rings (SSSR count). The Labute approximate surface area is 161 Å². The quantitative estimate of drug-likeness (QED) is 0.798. The molecule has 0 aromatic heterocycles. The van der Waals surface area contributed by atoms with Crippen molar-refractivity contribution in [2.24, 2.45) is 0 Å². The average molecular weight is 387 g/mol. The number of anilines is 1. The monoisotopic (exact) mass is 386 g/mol. The summed E-state index contributed by atoms with van der Waals surface area (Å²) in [6.45, 7) is 4.00. The molecule has 0 fully saturated rings. The van der Waals surface area contributed by atoms with Crippen molar-refractivity contribution in [1.29, 1.82) is 0 Å². The molecule has 2 aromatic rings. The number of hydrogen-bond donors (Lipinski definition) is 2. The highest BCUT2D eigenvalue weighted by atomic mass is 32.2. The van der Waals surface area contributed by atoms with Gasteiger partial charge in [-0.25, -0.2) is 13.1 Å². The average Bonchev–Trinajstić information content (AvgIpc) is 2.65. The Morgan fingerprint density at radius 1 is 1.04 bits per heavy atom. The number of nitrogens with one attached hydrogen (secondary N) is 2. The van der Waals surface area contributed by atoms with Crippen LogP contribution in [-0.4, -0.2) is 20.9 Å². The Kier molecular flexibility index (Phi) is 5.97. The fraction of sp³-hybridized carbons (Fsp3) is 0.381.